The predicted molar refractivity (Wildman–Crippen MR) is 102 cm³/mol. The summed E-state index contributed by atoms with van der Waals surface area (Å²) in [5.74, 6) is 1.01. The Morgan fingerprint density at radius 3 is 2.54 bits per heavy atom. The average molecular weight is 411 g/mol. The van der Waals surface area contributed by atoms with Crippen molar-refractivity contribution in [2.45, 2.75) is 23.5 Å². The molecule has 0 radical (unpaired) electrons. The van der Waals surface area contributed by atoms with E-state index in [4.69, 9.17) is 0 Å². The average Bonchev–Trinajstić information content (AvgIpc) is 3.37. The van der Waals surface area contributed by atoms with Gasteiger partial charge in [-0.1, -0.05) is 6.07 Å². The van der Waals surface area contributed by atoms with Gasteiger partial charge in [-0.15, -0.1) is 22.7 Å². The Balaban J connectivity index is 1.45. The molecule has 0 unspecified atom stereocenters. The van der Waals surface area contributed by atoms with Gasteiger partial charge in [0.15, 0.2) is 0 Å². The number of aromatic amines is 1. The molecule has 4 rings (SSSR count). The van der Waals surface area contributed by atoms with E-state index in [1.165, 1.54) is 22.7 Å². The summed E-state index contributed by atoms with van der Waals surface area (Å²) < 4.78 is 28.8. The largest absolute Gasteiger partial charge is 0.348 e. The molecule has 7 nitrogen and oxygen atoms in total. The number of nitrogens with one attached hydrogen (secondary N) is 1. The number of hydrogen-bond acceptors (Lipinski definition) is 6. The minimum Gasteiger partial charge on any atom is -0.246 e. The fourth-order valence-electron chi connectivity index (χ4n) is 3.24. The van der Waals surface area contributed by atoms with Gasteiger partial charge in [0.25, 0.3) is 10.0 Å². The van der Waals surface area contributed by atoms with E-state index in [2.05, 4.69) is 10.2 Å². The number of thiophene rings is 2. The van der Waals surface area contributed by atoms with E-state index >= 15 is 0 Å². The van der Waals surface area contributed by atoms with Gasteiger partial charge >= 0.3 is 5.69 Å². The maximum atomic E-state index is 12.6. The number of sulfonamides is 1. The van der Waals surface area contributed by atoms with E-state index in [0.29, 0.717) is 35.5 Å². The molecule has 1 N–H and O–H groups in total. The summed E-state index contributed by atoms with van der Waals surface area (Å²) in [5.41, 5.74) is -0.236. The molecule has 26 heavy (non-hydrogen) atoms. The van der Waals surface area contributed by atoms with Crippen molar-refractivity contribution in [2.24, 2.45) is 5.92 Å². The number of nitrogens with zero attached hydrogens (tertiary/aromatic N) is 3. The molecule has 0 aromatic carbocycles. The molecule has 0 atom stereocenters. The first-order valence-corrected chi connectivity index (χ1v) is 11.5. The number of aromatic nitrogens is 3. The number of piperidine rings is 1. The van der Waals surface area contributed by atoms with Crippen LogP contribution in [0.1, 0.15) is 18.7 Å². The zero-order valence-electron chi connectivity index (χ0n) is 13.9. The van der Waals surface area contributed by atoms with Crippen LogP contribution in [0, 0.1) is 5.92 Å². The van der Waals surface area contributed by atoms with Crippen LogP contribution >= 0.6 is 22.7 Å². The molecule has 1 aliphatic rings. The fraction of sp³-hybridized carbons (Fsp3) is 0.375. The first-order chi connectivity index (χ1) is 12.6. The molecule has 0 spiro atoms. The van der Waals surface area contributed by atoms with Crippen LogP contribution in [-0.4, -0.2) is 40.6 Å². The fourth-order valence-corrected chi connectivity index (χ4v) is 6.60. The smallest absolute Gasteiger partial charge is 0.246 e. The van der Waals surface area contributed by atoms with E-state index in [1.807, 2.05) is 17.5 Å². The third-order valence-corrected chi connectivity index (χ3v) is 8.73. The second kappa shape index (κ2) is 7.10. The highest BCUT2D eigenvalue weighted by Crippen LogP contribution is 2.28. The molecule has 0 aliphatic carbocycles. The molecule has 138 valence electrons. The maximum absolute atomic E-state index is 12.6. The van der Waals surface area contributed by atoms with Gasteiger partial charge in [-0.25, -0.2) is 22.9 Å². The van der Waals surface area contributed by atoms with Crippen LogP contribution in [0.25, 0.3) is 5.00 Å². The van der Waals surface area contributed by atoms with Crippen molar-refractivity contribution >= 4 is 32.7 Å². The second-order valence-corrected chi connectivity index (χ2v) is 10.3. The summed E-state index contributed by atoms with van der Waals surface area (Å²) in [6.45, 7) is 0.997. The molecule has 10 heteroatoms. The lowest BCUT2D eigenvalue weighted by atomic mass is 9.94. The third kappa shape index (κ3) is 3.29. The topological polar surface area (TPSA) is 88.1 Å². The molecular formula is C16H18N4O3S3. The molecule has 1 fully saturated rings. The van der Waals surface area contributed by atoms with E-state index < -0.39 is 10.0 Å². The van der Waals surface area contributed by atoms with Crippen molar-refractivity contribution in [1.29, 1.82) is 0 Å². The minimum atomic E-state index is -3.38. The van der Waals surface area contributed by atoms with Gasteiger partial charge < -0.3 is 0 Å². The lowest BCUT2D eigenvalue weighted by Gasteiger charge is -2.30. The molecule has 0 amide bonds. The van der Waals surface area contributed by atoms with Crippen molar-refractivity contribution in [3.05, 3.63) is 51.3 Å². The zero-order chi connectivity index (χ0) is 18.1. The van der Waals surface area contributed by atoms with Gasteiger partial charge in [-0.05, 0) is 47.7 Å². The van der Waals surface area contributed by atoms with Crippen molar-refractivity contribution in [2.75, 3.05) is 13.1 Å². The lowest BCUT2D eigenvalue weighted by molar-refractivity contribution is 0.270. The standard InChI is InChI=1S/C16H18N4O3S3/c21-16-18-17-13(20(16)14-3-1-9-24-14)11-12-5-7-19(8-6-12)26(22,23)15-4-2-10-25-15/h1-4,9-10,12H,5-8,11H2,(H,18,21). The highest BCUT2D eigenvalue weighted by molar-refractivity contribution is 7.91. The summed E-state index contributed by atoms with van der Waals surface area (Å²) in [5, 5.41) is 11.2. The maximum Gasteiger partial charge on any atom is 0.348 e. The van der Waals surface area contributed by atoms with Crippen molar-refractivity contribution in [3.8, 4) is 5.00 Å². The molecule has 3 aromatic heterocycles. The molecule has 1 aliphatic heterocycles. The monoisotopic (exact) mass is 410 g/mol. The van der Waals surface area contributed by atoms with Gasteiger partial charge in [0.05, 0.1) is 0 Å². The van der Waals surface area contributed by atoms with E-state index in [0.717, 1.165) is 17.8 Å². The summed E-state index contributed by atoms with van der Waals surface area (Å²) in [7, 11) is -3.38. The third-order valence-electron chi connectivity index (χ3n) is 4.60. The Morgan fingerprint density at radius 2 is 1.88 bits per heavy atom. The van der Waals surface area contributed by atoms with Crippen molar-refractivity contribution in [1.82, 2.24) is 19.1 Å². The number of hydrogen-bond donors (Lipinski definition) is 1. The molecule has 4 heterocycles. The van der Waals surface area contributed by atoms with E-state index in [-0.39, 0.29) is 5.69 Å². The first kappa shape index (κ1) is 17.7. The summed E-state index contributed by atoms with van der Waals surface area (Å²) in [6, 6.07) is 7.19. The van der Waals surface area contributed by atoms with E-state index in [1.54, 1.807) is 26.4 Å². The normalized spacial score (nSPS) is 16.9. The van der Waals surface area contributed by atoms with Crippen LogP contribution in [0.2, 0.25) is 0 Å². The summed E-state index contributed by atoms with van der Waals surface area (Å²) >= 11 is 2.74. The van der Waals surface area contributed by atoms with Gasteiger partial charge in [-0.3, -0.25) is 0 Å². The van der Waals surface area contributed by atoms with Crippen molar-refractivity contribution < 1.29 is 8.42 Å². The SMILES string of the molecule is O=c1[nH]nc(CC2CCN(S(=O)(=O)c3cccs3)CC2)n1-c1cccs1. The molecule has 0 bridgehead atoms. The van der Waals surface area contributed by atoms with E-state index in [9.17, 15) is 13.2 Å². The van der Waals surface area contributed by atoms with Gasteiger partial charge in [0, 0.05) is 19.5 Å². The molecule has 0 saturated carbocycles. The molecule has 1 saturated heterocycles. The Labute approximate surface area is 159 Å². The van der Waals surface area contributed by atoms with Gasteiger partial charge in [-0.2, -0.15) is 9.40 Å². The quantitative estimate of drug-likeness (QED) is 0.699. The summed E-state index contributed by atoms with van der Waals surface area (Å²) in [6.07, 6.45) is 2.18. The lowest BCUT2D eigenvalue weighted by Crippen LogP contribution is -2.38. The van der Waals surface area contributed by atoms with Crippen LogP contribution < -0.4 is 5.69 Å². The predicted octanol–water partition coefficient (Wildman–Crippen LogP) is 2.33. The molecular weight excluding hydrogens is 392 g/mol. The Bertz CT molecular complexity index is 1010. The van der Waals surface area contributed by atoms with Gasteiger partial charge in [0.2, 0.25) is 0 Å². The van der Waals surface area contributed by atoms with Crippen LogP contribution in [0.4, 0.5) is 0 Å². The Morgan fingerprint density at radius 1 is 1.15 bits per heavy atom. The highest BCUT2D eigenvalue weighted by atomic mass is 32.2. The molecule has 3 aromatic rings. The number of H-pyrrole nitrogens is 1. The van der Waals surface area contributed by atoms with Crippen LogP contribution in [0.3, 0.4) is 0 Å². The van der Waals surface area contributed by atoms with Crippen LogP contribution in [0.5, 0.6) is 0 Å². The second-order valence-electron chi connectivity index (χ2n) is 6.22. The van der Waals surface area contributed by atoms with Gasteiger partial charge in [0.1, 0.15) is 15.0 Å². The van der Waals surface area contributed by atoms with Crippen LogP contribution in [-0.2, 0) is 16.4 Å². The zero-order valence-corrected chi connectivity index (χ0v) is 16.3. The Hall–Kier alpha value is -1.75. The first-order valence-electron chi connectivity index (χ1n) is 8.29. The Kier molecular flexibility index (Phi) is 4.82. The number of rotatable bonds is 5. The van der Waals surface area contributed by atoms with Crippen molar-refractivity contribution in [3.63, 3.8) is 0 Å². The summed E-state index contributed by atoms with van der Waals surface area (Å²) in [4.78, 5) is 12.1. The minimum absolute atomic E-state index is 0.236. The highest BCUT2D eigenvalue weighted by Gasteiger charge is 2.30. The van der Waals surface area contributed by atoms with Crippen LogP contribution in [0.15, 0.2) is 44.0 Å².